The number of nitrogens with one attached hydrogen (secondary N) is 1. The molecule has 0 radical (unpaired) electrons. The second-order valence-corrected chi connectivity index (χ2v) is 6.86. The van der Waals surface area contributed by atoms with Gasteiger partial charge in [-0.3, -0.25) is 4.79 Å². The van der Waals surface area contributed by atoms with Crippen molar-refractivity contribution < 1.29 is 9.53 Å². The number of nitrogen functional groups attached to an aromatic ring is 1. The molecule has 116 valence electrons. The van der Waals surface area contributed by atoms with Crippen LogP contribution in [0.2, 0.25) is 0 Å². The molecule has 2 rings (SSSR count). The minimum Gasteiger partial charge on any atom is -0.484 e. The Bertz CT molecular complexity index is 456. The average molecular weight is 308 g/mol. The fourth-order valence-electron chi connectivity index (χ4n) is 2.67. The third-order valence-corrected chi connectivity index (χ3v) is 5.47. The van der Waals surface area contributed by atoms with Gasteiger partial charge in [-0.25, -0.2) is 0 Å². The average Bonchev–Trinajstić information content (AvgIpc) is 2.53. The third kappa shape index (κ3) is 4.84. The van der Waals surface area contributed by atoms with Crippen LogP contribution in [0.1, 0.15) is 32.1 Å². The van der Waals surface area contributed by atoms with Crippen molar-refractivity contribution in [2.45, 2.75) is 36.9 Å². The molecule has 0 heterocycles. The molecule has 4 nitrogen and oxygen atoms in total. The lowest BCUT2D eigenvalue weighted by molar-refractivity contribution is -0.123. The first-order valence-electron chi connectivity index (χ1n) is 7.44. The van der Waals surface area contributed by atoms with Gasteiger partial charge in [-0.05, 0) is 43.4 Å². The molecular weight excluding hydrogens is 284 g/mol. The van der Waals surface area contributed by atoms with Gasteiger partial charge in [-0.1, -0.05) is 19.3 Å². The Labute approximate surface area is 130 Å². The first kappa shape index (κ1) is 16.0. The minimum absolute atomic E-state index is 0.0500. The molecule has 1 aromatic carbocycles. The second-order valence-electron chi connectivity index (χ2n) is 5.58. The van der Waals surface area contributed by atoms with E-state index in [1.165, 1.54) is 32.1 Å². The van der Waals surface area contributed by atoms with Crippen molar-refractivity contribution in [3.8, 4) is 5.75 Å². The van der Waals surface area contributed by atoms with E-state index in [2.05, 4.69) is 11.6 Å². The van der Waals surface area contributed by atoms with E-state index < -0.39 is 0 Å². The van der Waals surface area contributed by atoms with Gasteiger partial charge in [0, 0.05) is 17.0 Å². The minimum atomic E-state index is -0.0641. The highest BCUT2D eigenvalue weighted by molar-refractivity contribution is 8.00. The number of benzene rings is 1. The zero-order valence-corrected chi connectivity index (χ0v) is 13.4. The molecule has 1 saturated carbocycles. The normalized spacial score (nSPS) is 17.2. The second kappa shape index (κ2) is 7.59. The number of carbonyl (C=O) groups is 1. The van der Waals surface area contributed by atoms with Crippen molar-refractivity contribution in [1.82, 2.24) is 5.32 Å². The molecule has 1 amide bonds. The van der Waals surface area contributed by atoms with Gasteiger partial charge in [-0.15, -0.1) is 0 Å². The molecule has 3 N–H and O–H groups in total. The molecule has 0 aliphatic heterocycles. The van der Waals surface area contributed by atoms with E-state index in [0.29, 0.717) is 11.4 Å². The van der Waals surface area contributed by atoms with Gasteiger partial charge in [0.25, 0.3) is 5.91 Å². The van der Waals surface area contributed by atoms with Crippen LogP contribution in [0, 0.1) is 0 Å². The summed E-state index contributed by atoms with van der Waals surface area (Å²) in [6, 6.07) is 7.07. The smallest absolute Gasteiger partial charge is 0.257 e. The van der Waals surface area contributed by atoms with E-state index in [1.807, 2.05) is 11.8 Å². The molecule has 0 atom stereocenters. The molecule has 1 fully saturated rings. The summed E-state index contributed by atoms with van der Waals surface area (Å²) in [5.41, 5.74) is 6.29. The number of amides is 1. The highest BCUT2D eigenvalue weighted by atomic mass is 32.2. The lowest BCUT2D eigenvalue weighted by atomic mass is 9.88. The van der Waals surface area contributed by atoms with E-state index in [-0.39, 0.29) is 17.3 Å². The quantitative estimate of drug-likeness (QED) is 0.793. The molecule has 0 bridgehead atoms. The molecule has 1 aromatic rings. The van der Waals surface area contributed by atoms with E-state index >= 15 is 0 Å². The monoisotopic (exact) mass is 308 g/mol. The summed E-state index contributed by atoms with van der Waals surface area (Å²) in [4.78, 5) is 11.9. The number of carbonyl (C=O) groups excluding carboxylic acids is 1. The van der Waals surface area contributed by atoms with Gasteiger partial charge in [0.1, 0.15) is 5.75 Å². The zero-order chi connectivity index (χ0) is 15.1. The van der Waals surface area contributed by atoms with Gasteiger partial charge >= 0.3 is 0 Å². The van der Waals surface area contributed by atoms with E-state index in [1.54, 1.807) is 24.3 Å². The zero-order valence-electron chi connectivity index (χ0n) is 12.6. The molecule has 21 heavy (non-hydrogen) atoms. The van der Waals surface area contributed by atoms with Crippen molar-refractivity contribution in [2.24, 2.45) is 0 Å². The Morgan fingerprint density at radius 1 is 1.29 bits per heavy atom. The summed E-state index contributed by atoms with van der Waals surface area (Å²) < 4.78 is 5.67. The largest absolute Gasteiger partial charge is 0.484 e. The van der Waals surface area contributed by atoms with E-state index in [9.17, 15) is 4.79 Å². The third-order valence-electron chi connectivity index (χ3n) is 4.06. The highest BCUT2D eigenvalue weighted by Gasteiger charge is 2.31. The van der Waals surface area contributed by atoms with Gasteiger partial charge in [-0.2, -0.15) is 11.8 Å². The predicted octanol–water partition coefficient (Wildman–Crippen LogP) is 2.83. The first-order valence-corrected chi connectivity index (χ1v) is 8.66. The Morgan fingerprint density at radius 3 is 2.57 bits per heavy atom. The fourth-order valence-corrected chi connectivity index (χ4v) is 3.59. The summed E-state index contributed by atoms with van der Waals surface area (Å²) >= 11 is 1.88. The predicted molar refractivity (Wildman–Crippen MR) is 88.7 cm³/mol. The number of thioether (sulfide) groups is 1. The van der Waals surface area contributed by atoms with Crippen LogP contribution in [0.4, 0.5) is 5.69 Å². The van der Waals surface area contributed by atoms with E-state index in [4.69, 9.17) is 10.5 Å². The van der Waals surface area contributed by atoms with Crippen LogP contribution in [0.5, 0.6) is 5.75 Å². The maximum absolute atomic E-state index is 11.9. The number of rotatable bonds is 6. The molecule has 0 aromatic heterocycles. The van der Waals surface area contributed by atoms with Gasteiger partial charge < -0.3 is 15.8 Å². The Kier molecular flexibility index (Phi) is 5.79. The number of hydrogen-bond acceptors (Lipinski definition) is 4. The number of anilines is 1. The van der Waals surface area contributed by atoms with Gasteiger partial charge in [0.15, 0.2) is 6.61 Å². The molecule has 1 aliphatic carbocycles. The maximum Gasteiger partial charge on any atom is 0.257 e. The molecule has 0 unspecified atom stereocenters. The van der Waals surface area contributed by atoms with Crippen molar-refractivity contribution in [1.29, 1.82) is 0 Å². The summed E-state index contributed by atoms with van der Waals surface area (Å²) in [5.74, 6) is 0.599. The number of ether oxygens (including phenoxy) is 1. The Hall–Kier alpha value is -1.36. The SMILES string of the molecule is CSC1(CNC(=O)COc2ccc(N)cc2)CCCCC1. The lowest BCUT2D eigenvalue weighted by Gasteiger charge is -2.35. The highest BCUT2D eigenvalue weighted by Crippen LogP contribution is 2.37. The number of hydrogen-bond donors (Lipinski definition) is 2. The summed E-state index contributed by atoms with van der Waals surface area (Å²) in [7, 11) is 0. The molecule has 5 heteroatoms. The fraction of sp³-hybridized carbons (Fsp3) is 0.562. The Morgan fingerprint density at radius 2 is 1.95 bits per heavy atom. The van der Waals surface area contributed by atoms with Crippen molar-refractivity contribution in [3.63, 3.8) is 0 Å². The summed E-state index contributed by atoms with van der Waals surface area (Å²) in [6.45, 7) is 0.784. The summed E-state index contributed by atoms with van der Waals surface area (Å²) in [5, 5.41) is 3.02. The summed E-state index contributed by atoms with van der Waals surface area (Å²) in [6.07, 6.45) is 8.36. The molecule has 0 saturated heterocycles. The van der Waals surface area contributed by atoms with Crippen LogP contribution >= 0.6 is 11.8 Å². The van der Waals surface area contributed by atoms with Crippen LogP contribution in [-0.4, -0.2) is 30.1 Å². The van der Waals surface area contributed by atoms with Crippen molar-refractivity contribution in [3.05, 3.63) is 24.3 Å². The molecule has 0 spiro atoms. The van der Waals surface area contributed by atoms with E-state index in [0.717, 1.165) is 6.54 Å². The maximum atomic E-state index is 11.9. The molecule has 1 aliphatic rings. The Balaban J connectivity index is 1.75. The topological polar surface area (TPSA) is 64.3 Å². The molecular formula is C16H24N2O2S. The van der Waals surface area contributed by atoms with Gasteiger partial charge in [0.2, 0.25) is 0 Å². The lowest BCUT2D eigenvalue weighted by Crippen LogP contribution is -2.43. The first-order chi connectivity index (χ1) is 10.1. The number of nitrogens with two attached hydrogens (primary N) is 1. The van der Waals surface area contributed by atoms with Crippen molar-refractivity contribution in [2.75, 3.05) is 25.1 Å². The van der Waals surface area contributed by atoms with Crippen LogP contribution in [0.25, 0.3) is 0 Å². The van der Waals surface area contributed by atoms with Crippen LogP contribution in [0.3, 0.4) is 0 Å². The van der Waals surface area contributed by atoms with Gasteiger partial charge in [0.05, 0.1) is 0 Å². The van der Waals surface area contributed by atoms with Crippen LogP contribution < -0.4 is 15.8 Å². The standard InChI is InChI=1S/C16H24N2O2S/c1-21-16(9-3-2-4-10-16)12-18-15(19)11-20-14-7-5-13(17)6-8-14/h5-8H,2-4,9-12,17H2,1H3,(H,18,19). The van der Waals surface area contributed by atoms with Crippen molar-refractivity contribution >= 4 is 23.4 Å². The van der Waals surface area contributed by atoms with Crippen LogP contribution in [0.15, 0.2) is 24.3 Å². The van der Waals surface area contributed by atoms with Crippen LogP contribution in [-0.2, 0) is 4.79 Å².